The Morgan fingerprint density at radius 2 is 2.18 bits per heavy atom. The molecule has 1 saturated carbocycles. The number of halogens is 2. The Bertz CT molecular complexity index is 599. The second kappa shape index (κ2) is 3.45. The summed E-state index contributed by atoms with van der Waals surface area (Å²) < 4.78 is 15.7. The number of aromatic nitrogens is 2. The zero-order valence-corrected chi connectivity index (χ0v) is 10.7. The number of fused-ring (bicyclic) bond motifs is 1. The zero-order chi connectivity index (χ0) is 12.2. The van der Waals surface area contributed by atoms with Crippen LogP contribution in [0.1, 0.15) is 31.2 Å². The second-order valence-electron chi connectivity index (χ2n) is 5.08. The average molecular weight is 253 g/mol. The van der Waals surface area contributed by atoms with Crippen LogP contribution in [-0.2, 0) is 11.4 Å². The largest absolute Gasteiger partial charge is 0.321 e. The lowest BCUT2D eigenvalue weighted by Crippen LogP contribution is -2.15. The molecular weight excluding hydrogens is 239 g/mol. The van der Waals surface area contributed by atoms with Gasteiger partial charge in [-0.05, 0) is 38.3 Å². The third kappa shape index (κ3) is 1.56. The lowest BCUT2D eigenvalue weighted by atomic mass is 10.2. The Kier molecular flexibility index (Phi) is 2.24. The second-order valence-corrected chi connectivity index (χ2v) is 5.35. The maximum absolute atomic E-state index is 13.5. The average Bonchev–Trinajstić information content (AvgIpc) is 2.91. The summed E-state index contributed by atoms with van der Waals surface area (Å²) in [5.41, 5.74) is 2.49. The zero-order valence-electron chi connectivity index (χ0n) is 9.93. The molecule has 0 amide bonds. The van der Waals surface area contributed by atoms with E-state index < -0.39 is 0 Å². The van der Waals surface area contributed by atoms with Gasteiger partial charge in [0.2, 0.25) is 0 Å². The van der Waals surface area contributed by atoms with Crippen molar-refractivity contribution < 1.29 is 4.39 Å². The van der Waals surface area contributed by atoms with Gasteiger partial charge in [-0.2, -0.15) is 0 Å². The van der Waals surface area contributed by atoms with E-state index in [0.29, 0.717) is 17.0 Å². The first-order chi connectivity index (χ1) is 8.05. The third-order valence-electron chi connectivity index (χ3n) is 3.64. The predicted molar refractivity (Wildman–Crippen MR) is 66.9 cm³/mol. The molecule has 1 aliphatic rings. The van der Waals surface area contributed by atoms with Crippen molar-refractivity contribution in [1.82, 2.24) is 9.55 Å². The quantitative estimate of drug-likeness (QED) is 0.745. The number of hydrogen-bond acceptors (Lipinski definition) is 1. The fourth-order valence-corrected chi connectivity index (χ4v) is 2.53. The van der Waals surface area contributed by atoms with Crippen LogP contribution in [0.4, 0.5) is 4.39 Å². The van der Waals surface area contributed by atoms with E-state index in [-0.39, 0.29) is 11.4 Å². The van der Waals surface area contributed by atoms with E-state index in [1.54, 1.807) is 6.92 Å². The summed E-state index contributed by atoms with van der Waals surface area (Å²) in [5.74, 6) is 1.00. The highest BCUT2D eigenvalue weighted by Crippen LogP contribution is 2.45. The van der Waals surface area contributed by atoms with Crippen LogP contribution in [0.5, 0.6) is 0 Å². The molecule has 1 aliphatic carbocycles. The molecule has 17 heavy (non-hydrogen) atoms. The summed E-state index contributed by atoms with van der Waals surface area (Å²) in [6, 6.07) is 3.38. The number of nitrogens with zero attached hydrogens (tertiary/aromatic N) is 2. The fraction of sp³-hybridized carbons (Fsp3) is 0.462. The Balaban J connectivity index is 2.34. The van der Waals surface area contributed by atoms with Crippen molar-refractivity contribution in [3.8, 4) is 0 Å². The van der Waals surface area contributed by atoms with Gasteiger partial charge < -0.3 is 4.57 Å². The molecule has 2 aromatic rings. The van der Waals surface area contributed by atoms with Gasteiger partial charge in [0.05, 0.1) is 16.9 Å². The molecule has 0 radical (unpaired) electrons. The van der Waals surface area contributed by atoms with E-state index >= 15 is 0 Å². The van der Waals surface area contributed by atoms with Crippen molar-refractivity contribution in [3.05, 3.63) is 29.3 Å². The first-order valence-corrected chi connectivity index (χ1v) is 6.32. The number of alkyl halides is 1. The van der Waals surface area contributed by atoms with Crippen LogP contribution in [0.15, 0.2) is 12.1 Å². The highest BCUT2D eigenvalue weighted by Gasteiger charge is 2.41. The molecule has 0 atom stereocenters. The summed E-state index contributed by atoms with van der Waals surface area (Å²) in [4.78, 5) is 4.43. The smallest absolute Gasteiger partial charge is 0.128 e. The van der Waals surface area contributed by atoms with Gasteiger partial charge in [0, 0.05) is 11.6 Å². The van der Waals surface area contributed by atoms with E-state index in [2.05, 4.69) is 16.5 Å². The van der Waals surface area contributed by atoms with E-state index in [1.165, 1.54) is 6.07 Å². The minimum Gasteiger partial charge on any atom is -0.321 e. The minimum atomic E-state index is -0.204. The minimum absolute atomic E-state index is 0.128. The lowest BCUT2D eigenvalue weighted by Gasteiger charge is -2.15. The van der Waals surface area contributed by atoms with Gasteiger partial charge in [0.1, 0.15) is 11.6 Å². The van der Waals surface area contributed by atoms with E-state index in [4.69, 9.17) is 11.6 Å². The molecule has 1 fully saturated rings. The summed E-state index contributed by atoms with van der Waals surface area (Å²) in [7, 11) is 0. The Labute approximate surface area is 104 Å². The van der Waals surface area contributed by atoms with Gasteiger partial charge in [-0.3, -0.25) is 0 Å². The van der Waals surface area contributed by atoms with Crippen LogP contribution in [-0.4, -0.2) is 9.55 Å². The van der Waals surface area contributed by atoms with Gasteiger partial charge in [0.25, 0.3) is 0 Å². The Hall–Kier alpha value is -1.09. The van der Waals surface area contributed by atoms with Crippen molar-refractivity contribution >= 4 is 22.6 Å². The molecule has 90 valence electrons. The highest BCUT2D eigenvalue weighted by molar-refractivity contribution is 6.16. The maximum atomic E-state index is 13.5. The van der Waals surface area contributed by atoms with E-state index in [0.717, 1.165) is 24.2 Å². The van der Waals surface area contributed by atoms with Crippen LogP contribution < -0.4 is 0 Å². The highest BCUT2D eigenvalue weighted by atomic mass is 35.5. The summed E-state index contributed by atoms with van der Waals surface area (Å²) in [5, 5.41) is 0. The molecule has 2 nitrogen and oxygen atoms in total. The molecule has 0 spiro atoms. The number of imidazole rings is 1. The topological polar surface area (TPSA) is 17.8 Å². The number of rotatable bonds is 2. The Morgan fingerprint density at radius 3 is 2.76 bits per heavy atom. The maximum Gasteiger partial charge on any atom is 0.128 e. The molecule has 1 aromatic heterocycles. The molecule has 0 saturated heterocycles. The molecular formula is C13H14ClFN2. The van der Waals surface area contributed by atoms with Crippen molar-refractivity contribution in [2.24, 2.45) is 0 Å². The van der Waals surface area contributed by atoms with Crippen LogP contribution in [0, 0.1) is 12.7 Å². The van der Waals surface area contributed by atoms with Crippen LogP contribution in [0.3, 0.4) is 0 Å². The van der Waals surface area contributed by atoms with E-state index in [9.17, 15) is 4.39 Å². The molecule has 1 heterocycles. The van der Waals surface area contributed by atoms with Crippen molar-refractivity contribution in [3.63, 3.8) is 0 Å². The summed E-state index contributed by atoms with van der Waals surface area (Å²) in [6.07, 6.45) is 2.28. The SMILES string of the molecule is Cc1cc2c(cc1F)nc(CCl)n2C1(C)CC1. The standard InChI is InChI=1S/C13H14ClFN2/c1-8-5-11-10(6-9(8)15)16-12(7-14)17(11)13(2)3-4-13/h5-6H,3-4,7H2,1-2H3. The first-order valence-electron chi connectivity index (χ1n) is 5.79. The molecule has 0 unspecified atom stereocenters. The van der Waals surface area contributed by atoms with Crippen molar-refractivity contribution in [2.75, 3.05) is 0 Å². The Morgan fingerprint density at radius 1 is 1.47 bits per heavy atom. The van der Waals surface area contributed by atoms with Crippen molar-refractivity contribution in [2.45, 2.75) is 38.1 Å². The molecule has 0 aliphatic heterocycles. The van der Waals surface area contributed by atoms with Crippen LogP contribution in [0.25, 0.3) is 11.0 Å². The predicted octanol–water partition coefficient (Wildman–Crippen LogP) is 3.73. The van der Waals surface area contributed by atoms with E-state index in [1.807, 2.05) is 6.07 Å². The molecule has 0 N–H and O–H groups in total. The van der Waals surface area contributed by atoms with Gasteiger partial charge in [-0.1, -0.05) is 0 Å². The normalized spacial score (nSPS) is 17.6. The molecule has 1 aromatic carbocycles. The third-order valence-corrected chi connectivity index (χ3v) is 3.88. The molecule has 0 bridgehead atoms. The summed E-state index contributed by atoms with van der Waals surface area (Å²) in [6.45, 7) is 3.98. The van der Waals surface area contributed by atoms with Crippen molar-refractivity contribution in [1.29, 1.82) is 0 Å². The van der Waals surface area contributed by atoms with Gasteiger partial charge in [-0.15, -0.1) is 11.6 Å². The fourth-order valence-electron chi connectivity index (χ4n) is 2.35. The van der Waals surface area contributed by atoms with Gasteiger partial charge in [0.15, 0.2) is 0 Å². The number of aryl methyl sites for hydroxylation is 1. The van der Waals surface area contributed by atoms with Gasteiger partial charge >= 0.3 is 0 Å². The van der Waals surface area contributed by atoms with Crippen LogP contribution in [0.2, 0.25) is 0 Å². The first kappa shape index (κ1) is 11.0. The molecule has 3 rings (SSSR count). The summed E-state index contributed by atoms with van der Waals surface area (Å²) >= 11 is 5.94. The van der Waals surface area contributed by atoms with Gasteiger partial charge in [-0.25, -0.2) is 9.37 Å². The molecule has 4 heteroatoms. The monoisotopic (exact) mass is 252 g/mol. The lowest BCUT2D eigenvalue weighted by molar-refractivity contribution is 0.531. The number of benzene rings is 1. The number of hydrogen-bond donors (Lipinski definition) is 0. The van der Waals surface area contributed by atoms with Crippen LogP contribution >= 0.6 is 11.6 Å².